The molecule has 4 nitrogen and oxygen atoms in total. The normalized spacial score (nSPS) is 16.6. The fourth-order valence-electron chi connectivity index (χ4n) is 2.91. The van der Waals surface area contributed by atoms with E-state index in [4.69, 9.17) is 0 Å². The van der Waals surface area contributed by atoms with Crippen LogP contribution in [-0.2, 0) is 16.0 Å². The van der Waals surface area contributed by atoms with Crippen molar-refractivity contribution in [1.82, 2.24) is 5.32 Å². The van der Waals surface area contributed by atoms with E-state index < -0.39 is 11.9 Å². The van der Waals surface area contributed by atoms with Gasteiger partial charge in [0.25, 0.3) is 0 Å². The topological polar surface area (TPSA) is 66.4 Å². The summed E-state index contributed by atoms with van der Waals surface area (Å²) in [6.45, 7) is 2.18. The molecule has 2 N–H and O–H groups in total. The largest absolute Gasteiger partial charge is 0.481 e. The molecule has 0 saturated heterocycles. The Morgan fingerprint density at radius 2 is 1.95 bits per heavy atom. The molecule has 0 heterocycles. The molecular weight excluding hydrogens is 266 g/mol. The van der Waals surface area contributed by atoms with E-state index in [0.717, 1.165) is 36.8 Å². The predicted octanol–water partition coefficient (Wildman–Crippen LogP) is 2.54. The number of carboxylic acids is 1. The number of carbonyl (C=O) groups is 2. The van der Waals surface area contributed by atoms with Gasteiger partial charge in [0.1, 0.15) is 0 Å². The van der Waals surface area contributed by atoms with E-state index in [1.54, 1.807) is 0 Å². The average Bonchev–Trinajstić information content (AvgIpc) is 2.99. The minimum atomic E-state index is -0.857. The molecule has 0 radical (unpaired) electrons. The van der Waals surface area contributed by atoms with Gasteiger partial charge in [0.05, 0.1) is 5.92 Å². The van der Waals surface area contributed by atoms with Gasteiger partial charge in [0, 0.05) is 12.5 Å². The fraction of sp³-hybridized carbons (Fsp3) is 0.529. The number of carbonyl (C=O) groups excluding carboxylic acids is 1. The summed E-state index contributed by atoms with van der Waals surface area (Å²) in [6, 6.07) is 7.78. The summed E-state index contributed by atoms with van der Waals surface area (Å²) in [5.74, 6) is -1.33. The highest BCUT2D eigenvalue weighted by Crippen LogP contribution is 2.24. The molecule has 1 saturated carbocycles. The number of amides is 1. The second-order valence-electron chi connectivity index (χ2n) is 5.89. The number of carboxylic acid groups (broad SMARTS) is 1. The van der Waals surface area contributed by atoms with Crippen LogP contribution in [0.5, 0.6) is 0 Å². The molecule has 0 aliphatic heterocycles. The van der Waals surface area contributed by atoms with Crippen molar-refractivity contribution in [2.75, 3.05) is 6.54 Å². The number of aliphatic carboxylic acids is 1. The Kier molecular flexibility index (Phi) is 5.37. The number of hydrogen-bond acceptors (Lipinski definition) is 2. The number of aryl methyl sites for hydroxylation is 1. The van der Waals surface area contributed by atoms with Crippen LogP contribution in [0.4, 0.5) is 0 Å². The van der Waals surface area contributed by atoms with Crippen LogP contribution in [0, 0.1) is 18.8 Å². The van der Waals surface area contributed by atoms with Gasteiger partial charge in [-0.2, -0.15) is 0 Å². The van der Waals surface area contributed by atoms with Crippen LogP contribution in [0.15, 0.2) is 24.3 Å². The molecular formula is C17H23NO3. The average molecular weight is 289 g/mol. The van der Waals surface area contributed by atoms with Crippen molar-refractivity contribution in [2.24, 2.45) is 11.8 Å². The SMILES string of the molecule is Cc1ccccc1CC(CNC(=O)C1CCCC1)C(=O)O. The molecule has 1 aliphatic rings. The lowest BCUT2D eigenvalue weighted by Gasteiger charge is -2.16. The van der Waals surface area contributed by atoms with Gasteiger partial charge in [0.15, 0.2) is 0 Å². The lowest BCUT2D eigenvalue weighted by atomic mass is 9.96. The van der Waals surface area contributed by atoms with E-state index in [1.165, 1.54) is 0 Å². The molecule has 1 amide bonds. The van der Waals surface area contributed by atoms with Crippen molar-refractivity contribution in [2.45, 2.75) is 39.0 Å². The minimum Gasteiger partial charge on any atom is -0.481 e. The maximum absolute atomic E-state index is 12.0. The van der Waals surface area contributed by atoms with Crippen molar-refractivity contribution in [1.29, 1.82) is 0 Å². The van der Waals surface area contributed by atoms with Crippen LogP contribution < -0.4 is 5.32 Å². The summed E-state index contributed by atoms with van der Waals surface area (Å²) < 4.78 is 0. The molecule has 1 atom stereocenters. The molecule has 0 bridgehead atoms. The lowest BCUT2D eigenvalue weighted by Crippen LogP contribution is -2.37. The first-order valence-electron chi connectivity index (χ1n) is 7.63. The van der Waals surface area contributed by atoms with Gasteiger partial charge in [-0.1, -0.05) is 37.1 Å². The highest BCUT2D eigenvalue weighted by atomic mass is 16.4. The number of nitrogens with one attached hydrogen (secondary N) is 1. The first-order chi connectivity index (χ1) is 10.1. The van der Waals surface area contributed by atoms with Crippen LogP contribution in [0.3, 0.4) is 0 Å². The van der Waals surface area contributed by atoms with Crippen LogP contribution in [-0.4, -0.2) is 23.5 Å². The Bertz CT molecular complexity index is 507. The van der Waals surface area contributed by atoms with Crippen LogP contribution in [0.2, 0.25) is 0 Å². The van der Waals surface area contributed by atoms with Crippen LogP contribution >= 0.6 is 0 Å². The fourth-order valence-corrected chi connectivity index (χ4v) is 2.91. The Balaban J connectivity index is 1.92. The van der Waals surface area contributed by atoms with E-state index in [2.05, 4.69) is 5.32 Å². The zero-order valence-corrected chi connectivity index (χ0v) is 12.5. The molecule has 1 aromatic rings. The molecule has 0 spiro atoms. The van der Waals surface area contributed by atoms with Crippen molar-refractivity contribution < 1.29 is 14.7 Å². The number of rotatable bonds is 6. The zero-order valence-electron chi connectivity index (χ0n) is 12.5. The maximum atomic E-state index is 12.0. The van der Waals surface area contributed by atoms with Gasteiger partial charge in [0.2, 0.25) is 5.91 Å². The smallest absolute Gasteiger partial charge is 0.308 e. The van der Waals surface area contributed by atoms with Gasteiger partial charge >= 0.3 is 5.97 Å². The minimum absolute atomic E-state index is 0.0172. The van der Waals surface area contributed by atoms with Crippen LogP contribution in [0.25, 0.3) is 0 Å². The highest BCUT2D eigenvalue weighted by molar-refractivity contribution is 5.79. The summed E-state index contributed by atoms with van der Waals surface area (Å²) in [5.41, 5.74) is 2.12. The third-order valence-corrected chi connectivity index (χ3v) is 4.33. The predicted molar refractivity (Wildman–Crippen MR) is 81.0 cm³/mol. The summed E-state index contributed by atoms with van der Waals surface area (Å²) in [4.78, 5) is 23.4. The van der Waals surface area contributed by atoms with Gasteiger partial charge in [-0.05, 0) is 37.3 Å². The van der Waals surface area contributed by atoms with Gasteiger partial charge in [-0.3, -0.25) is 9.59 Å². The lowest BCUT2D eigenvalue weighted by molar-refractivity contribution is -0.141. The zero-order chi connectivity index (χ0) is 15.2. The van der Waals surface area contributed by atoms with Crippen molar-refractivity contribution >= 4 is 11.9 Å². The van der Waals surface area contributed by atoms with E-state index >= 15 is 0 Å². The third-order valence-electron chi connectivity index (χ3n) is 4.33. The summed E-state index contributed by atoms with van der Waals surface area (Å²) in [6.07, 6.45) is 4.52. The van der Waals surface area contributed by atoms with E-state index in [0.29, 0.717) is 6.42 Å². The first kappa shape index (κ1) is 15.5. The summed E-state index contributed by atoms with van der Waals surface area (Å²) >= 11 is 0. The monoisotopic (exact) mass is 289 g/mol. The summed E-state index contributed by atoms with van der Waals surface area (Å²) in [7, 11) is 0. The van der Waals surface area contributed by atoms with E-state index in [9.17, 15) is 14.7 Å². The van der Waals surface area contributed by atoms with Gasteiger partial charge in [-0.15, -0.1) is 0 Å². The molecule has 4 heteroatoms. The molecule has 1 unspecified atom stereocenters. The van der Waals surface area contributed by atoms with Crippen molar-refractivity contribution in [3.63, 3.8) is 0 Å². The Morgan fingerprint density at radius 1 is 1.29 bits per heavy atom. The van der Waals surface area contributed by atoms with E-state index in [1.807, 2.05) is 31.2 Å². The second kappa shape index (κ2) is 7.25. The third kappa shape index (κ3) is 4.31. The molecule has 21 heavy (non-hydrogen) atoms. The highest BCUT2D eigenvalue weighted by Gasteiger charge is 2.25. The molecule has 1 aromatic carbocycles. The Hall–Kier alpha value is -1.84. The quantitative estimate of drug-likeness (QED) is 0.845. The molecule has 0 aromatic heterocycles. The van der Waals surface area contributed by atoms with Gasteiger partial charge in [-0.25, -0.2) is 0 Å². The Morgan fingerprint density at radius 3 is 2.57 bits per heavy atom. The maximum Gasteiger partial charge on any atom is 0.308 e. The number of hydrogen-bond donors (Lipinski definition) is 2. The molecule has 1 fully saturated rings. The summed E-state index contributed by atoms with van der Waals surface area (Å²) in [5, 5.41) is 12.2. The first-order valence-corrected chi connectivity index (χ1v) is 7.63. The molecule has 2 rings (SSSR count). The Labute approximate surface area is 125 Å². The standard InChI is InChI=1S/C17H23NO3/c1-12-6-2-3-9-14(12)10-15(17(20)21)11-18-16(19)13-7-4-5-8-13/h2-3,6,9,13,15H,4-5,7-8,10-11H2,1H3,(H,18,19)(H,20,21). The van der Waals surface area contributed by atoms with Crippen molar-refractivity contribution in [3.8, 4) is 0 Å². The van der Waals surface area contributed by atoms with Crippen molar-refractivity contribution in [3.05, 3.63) is 35.4 Å². The van der Waals surface area contributed by atoms with Crippen LogP contribution in [0.1, 0.15) is 36.8 Å². The number of benzene rings is 1. The van der Waals surface area contributed by atoms with Gasteiger partial charge < -0.3 is 10.4 Å². The molecule has 114 valence electrons. The second-order valence-corrected chi connectivity index (χ2v) is 5.89. The van der Waals surface area contributed by atoms with E-state index in [-0.39, 0.29) is 18.4 Å². The molecule has 1 aliphatic carbocycles.